The molecule has 9 heteroatoms. The van der Waals surface area contributed by atoms with E-state index in [9.17, 15) is 13.2 Å². The number of benzene rings is 2. The average Bonchev–Trinajstić information content (AvgIpc) is 2.63. The van der Waals surface area contributed by atoms with Crippen LogP contribution >= 0.6 is 23.2 Å². The van der Waals surface area contributed by atoms with Crippen molar-refractivity contribution in [3.05, 3.63) is 70.5 Å². The van der Waals surface area contributed by atoms with E-state index in [0.717, 1.165) is 12.1 Å². The first-order chi connectivity index (χ1) is 12.7. The smallest absolute Gasteiger partial charge is 0.416 e. The zero-order valence-electron chi connectivity index (χ0n) is 13.8. The van der Waals surface area contributed by atoms with Crippen LogP contribution in [0.4, 0.5) is 24.7 Å². The summed E-state index contributed by atoms with van der Waals surface area (Å²) in [5.74, 6) is 0.586. The first-order valence-corrected chi connectivity index (χ1v) is 8.35. The lowest BCUT2D eigenvalue weighted by Gasteiger charge is -2.19. The second-order valence-corrected chi connectivity index (χ2v) is 6.31. The summed E-state index contributed by atoms with van der Waals surface area (Å²) in [7, 11) is 1.75. The summed E-state index contributed by atoms with van der Waals surface area (Å²) in [6.45, 7) is 0. The molecular formula is C18H12Cl2F3N3O. The summed E-state index contributed by atoms with van der Waals surface area (Å²) < 4.78 is 43.9. The van der Waals surface area contributed by atoms with Crippen LogP contribution in [-0.4, -0.2) is 17.0 Å². The molecule has 0 aliphatic heterocycles. The number of halogens is 5. The zero-order valence-corrected chi connectivity index (χ0v) is 15.3. The van der Waals surface area contributed by atoms with Gasteiger partial charge in [-0.1, -0.05) is 29.3 Å². The number of anilines is 2. The monoisotopic (exact) mass is 413 g/mol. The van der Waals surface area contributed by atoms with Gasteiger partial charge in [0.15, 0.2) is 0 Å². The van der Waals surface area contributed by atoms with E-state index < -0.39 is 11.7 Å². The Balaban J connectivity index is 1.84. The lowest BCUT2D eigenvalue weighted by molar-refractivity contribution is -0.137. The summed E-state index contributed by atoms with van der Waals surface area (Å²) in [4.78, 5) is 9.80. The van der Waals surface area contributed by atoms with Crippen molar-refractivity contribution in [2.24, 2.45) is 0 Å². The minimum Gasteiger partial charge on any atom is -0.439 e. The van der Waals surface area contributed by atoms with Crippen LogP contribution in [0.5, 0.6) is 11.6 Å². The molecule has 0 aliphatic rings. The molecule has 3 aromatic rings. The SMILES string of the molecule is CN(c1ccc(Cl)c(Cl)c1)c1cc(Oc2cccc(C(F)(F)F)c2)ncn1. The van der Waals surface area contributed by atoms with Gasteiger partial charge in [0.05, 0.1) is 15.6 Å². The number of aromatic nitrogens is 2. The molecule has 1 aromatic heterocycles. The molecular weight excluding hydrogens is 402 g/mol. The number of nitrogens with zero attached hydrogens (tertiary/aromatic N) is 3. The van der Waals surface area contributed by atoms with Crippen LogP contribution in [0.3, 0.4) is 0 Å². The van der Waals surface area contributed by atoms with Crippen LogP contribution in [0.1, 0.15) is 5.56 Å². The topological polar surface area (TPSA) is 38.2 Å². The maximum Gasteiger partial charge on any atom is 0.416 e. The largest absolute Gasteiger partial charge is 0.439 e. The van der Waals surface area contributed by atoms with E-state index in [1.165, 1.54) is 24.5 Å². The van der Waals surface area contributed by atoms with E-state index >= 15 is 0 Å². The summed E-state index contributed by atoms with van der Waals surface area (Å²) in [6, 6.07) is 11.1. The van der Waals surface area contributed by atoms with Gasteiger partial charge >= 0.3 is 6.18 Å². The summed E-state index contributed by atoms with van der Waals surface area (Å²) in [5.41, 5.74) is -0.0877. The van der Waals surface area contributed by atoms with E-state index in [2.05, 4.69) is 9.97 Å². The summed E-state index contributed by atoms with van der Waals surface area (Å²) in [6.07, 6.45) is -3.20. The Kier molecular flexibility index (Phi) is 5.43. The number of rotatable bonds is 4. The fourth-order valence-corrected chi connectivity index (χ4v) is 2.54. The Bertz CT molecular complexity index is 967. The van der Waals surface area contributed by atoms with Crippen LogP contribution in [0, 0.1) is 0 Å². The minimum absolute atomic E-state index is 0.0201. The van der Waals surface area contributed by atoms with Crippen molar-refractivity contribution in [3.63, 3.8) is 0 Å². The maximum absolute atomic E-state index is 12.8. The van der Waals surface area contributed by atoms with Crippen LogP contribution in [0.15, 0.2) is 54.9 Å². The van der Waals surface area contributed by atoms with Gasteiger partial charge in [-0.2, -0.15) is 13.2 Å². The minimum atomic E-state index is -4.45. The highest BCUT2D eigenvalue weighted by molar-refractivity contribution is 6.42. The predicted octanol–water partition coefficient (Wildman–Crippen LogP) is 6.36. The van der Waals surface area contributed by atoms with Crippen molar-refractivity contribution in [1.82, 2.24) is 9.97 Å². The van der Waals surface area contributed by atoms with Crippen LogP contribution in [0.2, 0.25) is 10.0 Å². The molecule has 3 rings (SSSR count). The Morgan fingerprint density at radius 3 is 2.44 bits per heavy atom. The molecule has 0 radical (unpaired) electrons. The predicted molar refractivity (Wildman–Crippen MR) is 98.1 cm³/mol. The number of ether oxygens (including phenoxy) is 1. The molecule has 0 N–H and O–H groups in total. The van der Waals surface area contributed by atoms with Gasteiger partial charge in [0, 0.05) is 18.8 Å². The van der Waals surface area contributed by atoms with Gasteiger partial charge in [-0.3, -0.25) is 0 Å². The molecule has 1 heterocycles. The molecule has 0 aliphatic carbocycles. The molecule has 0 amide bonds. The third-order valence-corrected chi connectivity index (χ3v) is 4.38. The van der Waals surface area contributed by atoms with Crippen molar-refractivity contribution >= 4 is 34.7 Å². The highest BCUT2D eigenvalue weighted by Gasteiger charge is 2.30. The molecule has 4 nitrogen and oxygen atoms in total. The lowest BCUT2D eigenvalue weighted by Crippen LogP contribution is -2.11. The van der Waals surface area contributed by atoms with Gasteiger partial charge in [-0.05, 0) is 36.4 Å². The molecule has 0 saturated carbocycles. The van der Waals surface area contributed by atoms with Crippen molar-refractivity contribution < 1.29 is 17.9 Å². The Labute approximate surface area is 163 Å². The van der Waals surface area contributed by atoms with Crippen molar-refractivity contribution in [1.29, 1.82) is 0 Å². The van der Waals surface area contributed by atoms with E-state index in [1.807, 2.05) is 0 Å². The average molecular weight is 414 g/mol. The molecule has 2 aromatic carbocycles. The standard InChI is InChI=1S/C18H12Cl2F3N3O/c1-26(12-5-6-14(19)15(20)8-12)16-9-17(25-10-24-16)27-13-4-2-3-11(7-13)18(21,22)23/h2-10H,1H3. The van der Waals surface area contributed by atoms with E-state index in [-0.39, 0.29) is 11.6 Å². The van der Waals surface area contributed by atoms with Gasteiger partial charge in [0.1, 0.15) is 17.9 Å². The molecule has 0 atom stereocenters. The van der Waals surface area contributed by atoms with Gasteiger partial charge in [0.2, 0.25) is 5.88 Å². The van der Waals surface area contributed by atoms with Crippen molar-refractivity contribution in [3.8, 4) is 11.6 Å². The zero-order chi connectivity index (χ0) is 19.6. The van der Waals surface area contributed by atoms with E-state index in [1.54, 1.807) is 30.1 Å². The molecule has 0 spiro atoms. The van der Waals surface area contributed by atoms with E-state index in [0.29, 0.717) is 21.6 Å². The quantitative estimate of drug-likeness (QED) is 0.498. The third-order valence-electron chi connectivity index (χ3n) is 3.65. The summed E-state index contributed by atoms with van der Waals surface area (Å²) >= 11 is 11.9. The normalized spacial score (nSPS) is 11.3. The van der Waals surface area contributed by atoms with E-state index in [4.69, 9.17) is 27.9 Å². The third kappa shape index (κ3) is 4.61. The molecule has 0 unspecified atom stereocenters. The molecule has 0 bridgehead atoms. The highest BCUT2D eigenvalue weighted by atomic mass is 35.5. The molecule has 0 saturated heterocycles. The van der Waals surface area contributed by atoms with Crippen molar-refractivity contribution in [2.45, 2.75) is 6.18 Å². The number of hydrogen-bond donors (Lipinski definition) is 0. The second kappa shape index (κ2) is 7.62. The van der Waals surface area contributed by atoms with Gasteiger partial charge < -0.3 is 9.64 Å². The number of hydrogen-bond acceptors (Lipinski definition) is 4. The molecule has 140 valence electrons. The Morgan fingerprint density at radius 2 is 1.74 bits per heavy atom. The van der Waals surface area contributed by atoms with Crippen LogP contribution < -0.4 is 9.64 Å². The summed E-state index contributed by atoms with van der Waals surface area (Å²) in [5, 5.41) is 0.806. The van der Waals surface area contributed by atoms with Crippen LogP contribution in [-0.2, 0) is 6.18 Å². The van der Waals surface area contributed by atoms with Crippen LogP contribution in [0.25, 0.3) is 0 Å². The first-order valence-electron chi connectivity index (χ1n) is 7.60. The van der Waals surface area contributed by atoms with Gasteiger partial charge in [-0.15, -0.1) is 0 Å². The Morgan fingerprint density at radius 1 is 0.963 bits per heavy atom. The molecule has 27 heavy (non-hydrogen) atoms. The fraction of sp³-hybridized carbons (Fsp3) is 0.111. The highest BCUT2D eigenvalue weighted by Crippen LogP contribution is 2.33. The van der Waals surface area contributed by atoms with Gasteiger partial charge in [0.25, 0.3) is 0 Å². The molecule has 0 fully saturated rings. The Hall–Kier alpha value is -2.51. The van der Waals surface area contributed by atoms with Crippen molar-refractivity contribution in [2.75, 3.05) is 11.9 Å². The second-order valence-electron chi connectivity index (χ2n) is 5.50. The fourth-order valence-electron chi connectivity index (χ4n) is 2.25. The maximum atomic E-state index is 12.8. The van der Waals surface area contributed by atoms with Gasteiger partial charge in [-0.25, -0.2) is 9.97 Å². The lowest BCUT2D eigenvalue weighted by atomic mass is 10.2. The number of alkyl halides is 3. The first kappa shape index (κ1) is 19.3.